The zero-order chi connectivity index (χ0) is 26.6. The van der Waals surface area contributed by atoms with Gasteiger partial charge in [-0.3, -0.25) is 9.59 Å². The van der Waals surface area contributed by atoms with Crippen LogP contribution >= 0.6 is 31.9 Å². The van der Waals surface area contributed by atoms with Gasteiger partial charge in [0.25, 0.3) is 11.8 Å². The second kappa shape index (κ2) is 14.8. The lowest BCUT2D eigenvalue weighted by Crippen LogP contribution is -2.41. The molecule has 2 N–H and O–H groups in total. The molecule has 8 heteroatoms. The SMILES string of the molecule is CCCCCCCOc1ccc(C(NC(=O)c2ccc(Br)cc2)NC(=O)c2ccc(Br)cc2)cc1OC. The topological polar surface area (TPSA) is 76.7 Å². The maximum atomic E-state index is 13.0. The quantitative estimate of drug-likeness (QED) is 0.152. The molecular formula is C29H32Br2N2O4. The third-order valence-corrected chi connectivity index (χ3v) is 6.85. The molecule has 6 nitrogen and oxygen atoms in total. The van der Waals surface area contributed by atoms with E-state index < -0.39 is 6.17 Å². The van der Waals surface area contributed by atoms with E-state index in [9.17, 15) is 9.59 Å². The molecule has 0 aromatic heterocycles. The number of carbonyl (C=O) groups is 2. The number of amides is 2. The molecule has 0 saturated carbocycles. The average Bonchev–Trinajstić information content (AvgIpc) is 2.91. The first-order chi connectivity index (χ1) is 17.9. The number of benzene rings is 3. The molecule has 2 amide bonds. The summed E-state index contributed by atoms with van der Waals surface area (Å²) >= 11 is 6.77. The van der Waals surface area contributed by atoms with E-state index in [4.69, 9.17) is 9.47 Å². The maximum absolute atomic E-state index is 13.0. The largest absolute Gasteiger partial charge is 0.493 e. The molecule has 0 fully saturated rings. The monoisotopic (exact) mass is 630 g/mol. The Morgan fingerprint density at radius 3 is 1.81 bits per heavy atom. The number of unbranched alkanes of at least 4 members (excludes halogenated alkanes) is 4. The van der Waals surface area contributed by atoms with Gasteiger partial charge < -0.3 is 20.1 Å². The van der Waals surface area contributed by atoms with Crippen LogP contribution in [-0.4, -0.2) is 25.5 Å². The van der Waals surface area contributed by atoms with Gasteiger partial charge in [-0.1, -0.05) is 70.5 Å². The van der Waals surface area contributed by atoms with Gasteiger partial charge in [0.1, 0.15) is 6.17 Å². The first-order valence-electron chi connectivity index (χ1n) is 12.3. The van der Waals surface area contributed by atoms with Gasteiger partial charge in [0, 0.05) is 20.1 Å². The molecule has 0 saturated heterocycles. The summed E-state index contributed by atoms with van der Waals surface area (Å²) in [5, 5.41) is 5.86. The number of hydrogen-bond donors (Lipinski definition) is 2. The molecule has 3 aromatic rings. The van der Waals surface area contributed by atoms with Crippen molar-refractivity contribution < 1.29 is 19.1 Å². The zero-order valence-electron chi connectivity index (χ0n) is 21.1. The lowest BCUT2D eigenvalue weighted by Gasteiger charge is -2.22. The molecule has 37 heavy (non-hydrogen) atoms. The molecule has 0 heterocycles. The lowest BCUT2D eigenvalue weighted by molar-refractivity contribution is 0.0883. The van der Waals surface area contributed by atoms with Crippen LogP contribution < -0.4 is 20.1 Å². The molecule has 0 unspecified atom stereocenters. The minimum Gasteiger partial charge on any atom is -0.493 e. The van der Waals surface area contributed by atoms with E-state index in [2.05, 4.69) is 49.4 Å². The van der Waals surface area contributed by atoms with Crippen molar-refractivity contribution in [3.63, 3.8) is 0 Å². The third-order valence-electron chi connectivity index (χ3n) is 5.79. The summed E-state index contributed by atoms with van der Waals surface area (Å²) in [5.41, 5.74) is 1.60. The highest BCUT2D eigenvalue weighted by Gasteiger charge is 2.21. The molecule has 0 aliphatic rings. The first kappa shape index (κ1) is 28.7. The first-order valence-corrected chi connectivity index (χ1v) is 13.9. The van der Waals surface area contributed by atoms with Crippen molar-refractivity contribution in [1.82, 2.24) is 10.6 Å². The Kier molecular flexibility index (Phi) is 11.5. The fourth-order valence-corrected chi connectivity index (χ4v) is 4.23. The molecule has 0 spiro atoms. The normalized spacial score (nSPS) is 10.7. The van der Waals surface area contributed by atoms with Gasteiger partial charge >= 0.3 is 0 Å². The molecule has 0 atom stereocenters. The van der Waals surface area contributed by atoms with E-state index in [1.807, 2.05) is 12.1 Å². The van der Waals surface area contributed by atoms with Crippen molar-refractivity contribution in [2.24, 2.45) is 0 Å². The lowest BCUT2D eigenvalue weighted by atomic mass is 10.1. The maximum Gasteiger partial charge on any atom is 0.253 e. The number of ether oxygens (including phenoxy) is 2. The minimum atomic E-state index is -0.802. The van der Waals surface area contributed by atoms with Crippen molar-refractivity contribution in [3.05, 3.63) is 92.4 Å². The summed E-state index contributed by atoms with van der Waals surface area (Å²) in [4.78, 5) is 26.1. The van der Waals surface area contributed by atoms with E-state index in [-0.39, 0.29) is 11.8 Å². The Morgan fingerprint density at radius 2 is 1.30 bits per heavy atom. The summed E-state index contributed by atoms with van der Waals surface area (Å²) in [7, 11) is 1.57. The number of halogens is 2. The highest BCUT2D eigenvalue weighted by molar-refractivity contribution is 9.10. The van der Waals surface area contributed by atoms with Crippen LogP contribution in [0.4, 0.5) is 0 Å². The van der Waals surface area contributed by atoms with Crippen LogP contribution in [0.15, 0.2) is 75.7 Å². The van der Waals surface area contributed by atoms with Gasteiger partial charge in [-0.2, -0.15) is 0 Å². The molecule has 0 bridgehead atoms. The van der Waals surface area contributed by atoms with Crippen LogP contribution in [0.2, 0.25) is 0 Å². The Morgan fingerprint density at radius 1 is 0.757 bits per heavy atom. The van der Waals surface area contributed by atoms with E-state index in [0.29, 0.717) is 34.8 Å². The Bertz CT molecular complexity index is 1110. The van der Waals surface area contributed by atoms with Gasteiger partial charge in [-0.15, -0.1) is 0 Å². The average molecular weight is 632 g/mol. The molecular weight excluding hydrogens is 600 g/mol. The highest BCUT2D eigenvalue weighted by atomic mass is 79.9. The number of methoxy groups -OCH3 is 1. The Balaban J connectivity index is 1.79. The number of nitrogens with one attached hydrogen (secondary N) is 2. The van der Waals surface area contributed by atoms with Crippen LogP contribution in [-0.2, 0) is 0 Å². The standard InChI is InChI=1S/C29H32Br2N2O4/c1-3-4-5-6-7-18-37-25-17-12-22(19-26(25)36-2)27(32-28(34)20-8-13-23(30)14-9-20)33-29(35)21-10-15-24(31)16-11-21/h8-17,19,27H,3-7,18H2,1-2H3,(H,32,34)(H,33,35). The van der Waals surface area contributed by atoms with Crippen LogP contribution in [0.25, 0.3) is 0 Å². The molecule has 0 aliphatic heterocycles. The van der Waals surface area contributed by atoms with Gasteiger partial charge in [-0.25, -0.2) is 0 Å². The summed E-state index contributed by atoms with van der Waals surface area (Å²) in [6, 6.07) is 19.4. The number of hydrogen-bond acceptors (Lipinski definition) is 4. The van der Waals surface area contributed by atoms with Crippen LogP contribution in [0.1, 0.15) is 71.5 Å². The Hall–Kier alpha value is -2.84. The smallest absolute Gasteiger partial charge is 0.253 e. The molecule has 3 aromatic carbocycles. The van der Waals surface area contributed by atoms with E-state index in [0.717, 1.165) is 21.8 Å². The zero-order valence-corrected chi connectivity index (χ0v) is 24.2. The second-order valence-corrected chi connectivity index (χ2v) is 10.4. The Labute approximate surface area is 235 Å². The van der Waals surface area contributed by atoms with Gasteiger partial charge in [-0.05, 0) is 72.6 Å². The predicted octanol–water partition coefficient (Wildman–Crippen LogP) is 7.43. The van der Waals surface area contributed by atoms with Crippen molar-refractivity contribution in [1.29, 1.82) is 0 Å². The van der Waals surface area contributed by atoms with E-state index >= 15 is 0 Å². The van der Waals surface area contributed by atoms with Gasteiger partial charge in [0.05, 0.1) is 13.7 Å². The third kappa shape index (κ3) is 8.90. The predicted molar refractivity (Wildman–Crippen MR) is 153 cm³/mol. The van der Waals surface area contributed by atoms with Gasteiger partial charge in [0.2, 0.25) is 0 Å². The van der Waals surface area contributed by atoms with Crippen molar-refractivity contribution in [2.45, 2.75) is 45.2 Å². The molecule has 0 aliphatic carbocycles. The summed E-state index contributed by atoms with van der Waals surface area (Å²) in [6.07, 6.45) is 4.93. The van der Waals surface area contributed by atoms with Crippen molar-refractivity contribution >= 4 is 43.7 Å². The summed E-state index contributed by atoms with van der Waals surface area (Å²) in [5.74, 6) is 0.519. The van der Waals surface area contributed by atoms with Crippen molar-refractivity contribution in [3.8, 4) is 11.5 Å². The fraction of sp³-hybridized carbons (Fsp3) is 0.310. The summed E-state index contributed by atoms with van der Waals surface area (Å²) < 4.78 is 13.3. The van der Waals surface area contributed by atoms with E-state index in [1.165, 1.54) is 19.3 Å². The second-order valence-electron chi connectivity index (χ2n) is 8.57. The minimum absolute atomic E-state index is 0.319. The number of carbonyl (C=O) groups excluding carboxylic acids is 2. The summed E-state index contributed by atoms with van der Waals surface area (Å²) in [6.45, 7) is 2.79. The van der Waals surface area contributed by atoms with Crippen LogP contribution in [0.5, 0.6) is 11.5 Å². The van der Waals surface area contributed by atoms with E-state index in [1.54, 1.807) is 61.7 Å². The van der Waals surface area contributed by atoms with Crippen LogP contribution in [0.3, 0.4) is 0 Å². The molecule has 196 valence electrons. The number of rotatable bonds is 13. The molecule has 3 rings (SSSR count). The van der Waals surface area contributed by atoms with Crippen LogP contribution in [0, 0.1) is 0 Å². The van der Waals surface area contributed by atoms with Crippen molar-refractivity contribution in [2.75, 3.05) is 13.7 Å². The highest BCUT2D eigenvalue weighted by Crippen LogP contribution is 2.30. The molecule has 0 radical (unpaired) electrons. The fourth-order valence-electron chi connectivity index (χ4n) is 3.70. The van der Waals surface area contributed by atoms with Gasteiger partial charge in [0.15, 0.2) is 11.5 Å².